The predicted octanol–water partition coefficient (Wildman–Crippen LogP) is 0.605. The Bertz CT molecular complexity index is 1230. The van der Waals surface area contributed by atoms with Gasteiger partial charge < -0.3 is 24.3 Å². The van der Waals surface area contributed by atoms with Gasteiger partial charge in [0, 0.05) is 13.1 Å². The van der Waals surface area contributed by atoms with E-state index >= 15 is 0 Å². The number of H-pyrrole nitrogens is 1. The average Bonchev–Trinajstić information content (AvgIpc) is 3.16. The van der Waals surface area contributed by atoms with Gasteiger partial charge in [-0.3, -0.25) is 9.20 Å². The molecule has 2 aromatic heterocycles. The minimum Gasteiger partial charge on any atom is -0.601 e. The minimum absolute atomic E-state index is 0.0320. The lowest BCUT2D eigenvalue weighted by Crippen LogP contribution is -2.37. The first-order chi connectivity index (χ1) is 14.7. The van der Waals surface area contributed by atoms with E-state index in [2.05, 4.69) is 15.2 Å². The second-order valence-corrected chi connectivity index (χ2v) is 7.58. The normalized spacial score (nSPS) is 16.3. The molecule has 31 heavy (non-hydrogen) atoms. The molecule has 1 aliphatic rings. The van der Waals surface area contributed by atoms with Crippen molar-refractivity contribution in [1.29, 1.82) is 0 Å². The first kappa shape index (κ1) is 21.7. The molecule has 1 saturated heterocycles. The molecule has 10 nitrogen and oxygen atoms in total. The van der Waals surface area contributed by atoms with E-state index in [4.69, 9.17) is 9.47 Å². The van der Waals surface area contributed by atoms with Gasteiger partial charge >= 0.3 is 11.7 Å². The average molecular weight is 459 g/mol. The Hall–Kier alpha value is -2.57. The van der Waals surface area contributed by atoms with Crippen LogP contribution in [0.1, 0.15) is 18.3 Å². The predicted molar refractivity (Wildman–Crippen MR) is 104 cm³/mol. The topological polar surface area (TPSA) is 128 Å². The van der Waals surface area contributed by atoms with Gasteiger partial charge in [0.15, 0.2) is 0 Å². The Morgan fingerprint density at radius 1 is 1.35 bits per heavy atom. The largest absolute Gasteiger partial charge is 0.601 e. The number of nitrogens with one attached hydrogen (secondary N) is 1. The molecule has 0 bridgehead atoms. The molecule has 14 heteroatoms. The summed E-state index contributed by atoms with van der Waals surface area (Å²) in [6, 6.07) is 2.09. The summed E-state index contributed by atoms with van der Waals surface area (Å²) in [7, 11) is -3.00. The van der Waals surface area contributed by atoms with Crippen LogP contribution >= 0.6 is 8.00 Å². The number of halogens is 3. The van der Waals surface area contributed by atoms with Gasteiger partial charge in [-0.2, -0.15) is 18.1 Å². The van der Waals surface area contributed by atoms with Crippen LogP contribution in [0.5, 0.6) is 0 Å². The molecule has 3 heterocycles. The molecule has 0 aliphatic carbocycles. The zero-order chi connectivity index (χ0) is 22.3. The molecule has 1 atom stereocenters. The van der Waals surface area contributed by atoms with E-state index in [0.717, 1.165) is 10.5 Å². The minimum atomic E-state index is -4.68. The SMILES string of the molecule is CCO/C(c1nnc2c(=O)[nH]c3cc(C(F)(F)F)c(N4CCOCC4)cc3n12)=[P+](/[O-])O. The molecular formula is C17H17F3N5O5P. The van der Waals surface area contributed by atoms with E-state index in [9.17, 15) is 27.8 Å². The molecule has 0 spiro atoms. The molecule has 1 fully saturated rings. The number of morpholine rings is 1. The summed E-state index contributed by atoms with van der Waals surface area (Å²) in [5, 5.41) is 7.53. The van der Waals surface area contributed by atoms with Crippen molar-refractivity contribution in [1.82, 2.24) is 19.6 Å². The molecule has 1 unspecified atom stereocenters. The Kier molecular flexibility index (Phi) is 5.71. The lowest BCUT2D eigenvalue weighted by Gasteiger charge is -2.31. The zero-order valence-electron chi connectivity index (χ0n) is 16.1. The number of hydrogen-bond acceptors (Lipinski definition) is 8. The monoisotopic (exact) mass is 459 g/mol. The van der Waals surface area contributed by atoms with Crippen LogP contribution < -0.4 is 15.4 Å². The van der Waals surface area contributed by atoms with Gasteiger partial charge in [0.25, 0.3) is 13.6 Å². The fourth-order valence-corrected chi connectivity index (χ4v) is 4.03. The summed E-state index contributed by atoms with van der Waals surface area (Å²) in [6.45, 7) is 2.64. The van der Waals surface area contributed by atoms with Crippen molar-refractivity contribution in [3.8, 4) is 0 Å². The zero-order valence-corrected chi connectivity index (χ0v) is 17.0. The second-order valence-electron chi connectivity index (χ2n) is 6.63. The van der Waals surface area contributed by atoms with Crippen molar-refractivity contribution in [2.45, 2.75) is 13.1 Å². The van der Waals surface area contributed by atoms with E-state index in [0.29, 0.717) is 0 Å². The number of aromatic nitrogens is 4. The third kappa shape index (κ3) is 3.90. The number of nitrogens with zero attached hydrogens (tertiary/aromatic N) is 4. The summed E-state index contributed by atoms with van der Waals surface area (Å²) in [5.74, 6) is -0.232. The fourth-order valence-electron chi connectivity index (χ4n) is 3.47. The summed E-state index contributed by atoms with van der Waals surface area (Å²) < 4.78 is 53.0. The first-order valence-corrected chi connectivity index (χ1v) is 10.4. The van der Waals surface area contributed by atoms with E-state index in [1.807, 2.05) is 0 Å². The quantitative estimate of drug-likeness (QED) is 0.543. The number of hydrogen-bond donors (Lipinski definition) is 2. The number of benzene rings is 1. The van der Waals surface area contributed by atoms with Crippen LogP contribution in [0.2, 0.25) is 0 Å². The number of fused-ring (bicyclic) bond motifs is 3. The van der Waals surface area contributed by atoms with Crippen LogP contribution in [0.25, 0.3) is 16.7 Å². The molecule has 3 aromatic rings. The smallest absolute Gasteiger partial charge is 0.418 e. The van der Waals surface area contributed by atoms with Crippen molar-refractivity contribution >= 4 is 35.8 Å². The summed E-state index contributed by atoms with van der Waals surface area (Å²) in [5.41, 5.74) is -2.52. The van der Waals surface area contributed by atoms with Gasteiger partial charge in [0.05, 0.1) is 42.1 Å². The third-order valence-electron chi connectivity index (χ3n) is 4.77. The lowest BCUT2D eigenvalue weighted by molar-refractivity contribution is -0.168. The van der Waals surface area contributed by atoms with Crippen molar-refractivity contribution in [2.24, 2.45) is 0 Å². The molecule has 0 radical (unpaired) electrons. The fraction of sp³-hybridized carbons (Fsp3) is 0.412. The van der Waals surface area contributed by atoms with Gasteiger partial charge in [-0.15, -0.1) is 10.2 Å². The molecule has 0 saturated carbocycles. The van der Waals surface area contributed by atoms with Gasteiger partial charge in [0.2, 0.25) is 11.5 Å². The maximum absolute atomic E-state index is 13.8. The van der Waals surface area contributed by atoms with E-state index in [1.165, 1.54) is 11.0 Å². The Labute approximate surface area is 173 Å². The van der Waals surface area contributed by atoms with E-state index < -0.39 is 30.8 Å². The van der Waals surface area contributed by atoms with Crippen LogP contribution in [0, 0.1) is 0 Å². The molecule has 1 aliphatic heterocycles. The number of rotatable bonds is 4. The van der Waals surface area contributed by atoms with Crippen molar-refractivity contribution in [2.75, 3.05) is 37.8 Å². The first-order valence-electron chi connectivity index (χ1n) is 9.23. The van der Waals surface area contributed by atoms with Gasteiger partial charge in [-0.25, -0.2) is 0 Å². The van der Waals surface area contributed by atoms with Crippen LogP contribution in [0.4, 0.5) is 18.9 Å². The summed E-state index contributed by atoms with van der Waals surface area (Å²) in [6.07, 6.45) is -4.68. The van der Waals surface area contributed by atoms with Crippen molar-refractivity contribution < 1.29 is 32.4 Å². The summed E-state index contributed by atoms with van der Waals surface area (Å²) in [4.78, 5) is 37.8. The van der Waals surface area contributed by atoms with E-state index in [-0.39, 0.29) is 61.1 Å². The Morgan fingerprint density at radius 2 is 2.06 bits per heavy atom. The van der Waals surface area contributed by atoms with Gasteiger partial charge in [-0.05, 0) is 19.1 Å². The highest BCUT2D eigenvalue weighted by molar-refractivity contribution is 7.45. The molecule has 0 amide bonds. The number of ether oxygens (including phenoxy) is 2. The van der Waals surface area contributed by atoms with Crippen molar-refractivity contribution in [3.05, 3.63) is 33.9 Å². The van der Waals surface area contributed by atoms with Crippen LogP contribution in [-0.4, -0.2) is 62.9 Å². The highest BCUT2D eigenvalue weighted by atomic mass is 31.1. The summed E-state index contributed by atoms with van der Waals surface area (Å²) >= 11 is 0. The molecule has 2 N–H and O–H groups in total. The molecule has 1 aromatic carbocycles. The molecular weight excluding hydrogens is 442 g/mol. The number of alkyl halides is 3. The van der Waals surface area contributed by atoms with Crippen LogP contribution in [-0.2, 0) is 15.7 Å². The number of aromatic amines is 1. The van der Waals surface area contributed by atoms with E-state index in [1.54, 1.807) is 6.92 Å². The van der Waals surface area contributed by atoms with Crippen molar-refractivity contribution in [3.63, 3.8) is 0 Å². The Morgan fingerprint density at radius 3 is 2.68 bits per heavy atom. The maximum atomic E-state index is 13.8. The van der Waals surface area contributed by atoms with Crippen LogP contribution in [0.3, 0.4) is 0 Å². The van der Waals surface area contributed by atoms with Gasteiger partial charge in [-0.1, -0.05) is 0 Å². The highest BCUT2D eigenvalue weighted by Gasteiger charge is 2.36. The standard InChI is InChI=1S/C17H17F3N5O5P/c1-2-30-16(31(27)28)14-23-22-13-15(26)21-10-7-9(17(18,19)20)11(8-12(10)25(13)14)24-3-5-29-6-4-24/h7-8H,2-6H2,1H3,(H,21,26)(H,27,28). The lowest BCUT2D eigenvalue weighted by atomic mass is 10.1. The van der Waals surface area contributed by atoms with Gasteiger partial charge in [0.1, 0.15) is 0 Å². The second kappa shape index (κ2) is 8.17. The molecule has 4 rings (SSSR count). The molecule has 166 valence electrons. The maximum Gasteiger partial charge on any atom is 0.418 e. The Balaban J connectivity index is 2.08. The number of anilines is 1. The highest BCUT2D eigenvalue weighted by Crippen LogP contribution is 2.39. The third-order valence-corrected chi connectivity index (χ3v) is 5.45. The van der Waals surface area contributed by atoms with Crippen LogP contribution in [0.15, 0.2) is 16.9 Å².